The number of carbonyl (C=O) groups is 4. The van der Waals surface area contributed by atoms with Crippen LogP contribution in [0.25, 0.3) is 0 Å². The van der Waals surface area contributed by atoms with Gasteiger partial charge in [-0.1, -0.05) is 13.8 Å². The Morgan fingerprint density at radius 2 is 1.97 bits per heavy atom. The third-order valence-electron chi connectivity index (χ3n) is 5.73. The molecule has 2 aliphatic heterocycles. The highest BCUT2D eigenvalue weighted by Crippen LogP contribution is 2.31. The van der Waals surface area contributed by atoms with Crippen LogP contribution in [0, 0.1) is 23.7 Å². The number of alkyl halides is 3. The van der Waals surface area contributed by atoms with E-state index in [9.17, 15) is 32.3 Å². The van der Waals surface area contributed by atoms with Crippen molar-refractivity contribution in [3.8, 4) is 0 Å². The number of carbonyl (C=O) groups excluding carboxylic acids is 4. The summed E-state index contributed by atoms with van der Waals surface area (Å²) < 4.78 is 46.5. The van der Waals surface area contributed by atoms with E-state index in [-0.39, 0.29) is 24.9 Å². The van der Waals surface area contributed by atoms with E-state index in [0.717, 1.165) is 0 Å². The van der Waals surface area contributed by atoms with Gasteiger partial charge in [-0.2, -0.15) is 0 Å². The van der Waals surface area contributed by atoms with Crippen molar-refractivity contribution in [2.45, 2.75) is 58.0 Å². The monoisotopic (exact) mass is 465 g/mol. The largest absolute Gasteiger partial charge is 0.522 e. The molecule has 2 saturated heterocycles. The van der Waals surface area contributed by atoms with Crippen LogP contribution in [0.1, 0.15) is 39.5 Å². The summed E-state index contributed by atoms with van der Waals surface area (Å²) in [5.74, 6) is -4.72. The zero-order valence-corrected chi connectivity index (χ0v) is 18.1. The Bertz CT molecular complexity index is 715. The maximum Gasteiger partial charge on any atom is 0.522 e. The molecule has 0 aromatic rings. The first-order chi connectivity index (χ1) is 14.9. The molecule has 32 heavy (non-hydrogen) atoms. The molecule has 2 fully saturated rings. The molecule has 3 amide bonds. The van der Waals surface area contributed by atoms with Crippen molar-refractivity contribution < 1.29 is 41.8 Å². The van der Waals surface area contributed by atoms with Crippen LogP contribution in [0.3, 0.4) is 0 Å². The minimum Gasteiger partial charge on any atom is -0.377 e. The molecule has 2 aliphatic rings. The van der Waals surface area contributed by atoms with E-state index in [0.29, 0.717) is 25.8 Å². The van der Waals surface area contributed by atoms with Crippen molar-refractivity contribution in [2.75, 3.05) is 19.8 Å². The predicted octanol–water partition coefficient (Wildman–Crippen LogP) is 0.656. The van der Waals surface area contributed by atoms with Crippen LogP contribution >= 0.6 is 0 Å². The van der Waals surface area contributed by atoms with Gasteiger partial charge in [0.25, 0.3) is 0 Å². The number of hydrogen-bond acceptors (Lipinski definition) is 6. The van der Waals surface area contributed by atoms with Gasteiger partial charge in [0, 0.05) is 19.1 Å². The second kappa shape index (κ2) is 11.1. The quantitative estimate of drug-likeness (QED) is 0.410. The molecule has 0 bridgehead atoms. The lowest BCUT2D eigenvalue weighted by molar-refractivity contribution is -0.321. The number of halogens is 3. The van der Waals surface area contributed by atoms with Crippen molar-refractivity contribution in [3.05, 3.63) is 0 Å². The van der Waals surface area contributed by atoms with Gasteiger partial charge < -0.3 is 21.1 Å². The zero-order chi connectivity index (χ0) is 24.1. The Kier molecular flexibility index (Phi) is 9.02. The standard InChI is InChI=1S/C20H30F3N3O6/c1-10(2)7-13(16-12(17(24)28)4-6-31-16)19(30)26-14(8-11-3-5-25-18(11)29)15(27)9-32-20(21,22)23/h10-14,16H,3-9H2,1-2H3,(H2,24,28)(H,25,29)(H,26,30)/t11-,12?,13-,14-,16?/m0/s1. The van der Waals surface area contributed by atoms with Crippen LogP contribution in [0.4, 0.5) is 13.2 Å². The smallest absolute Gasteiger partial charge is 0.377 e. The summed E-state index contributed by atoms with van der Waals surface area (Å²) in [5.41, 5.74) is 5.44. The highest BCUT2D eigenvalue weighted by molar-refractivity contribution is 5.92. The molecule has 2 unspecified atom stereocenters. The average Bonchev–Trinajstić information content (AvgIpc) is 3.32. The molecule has 0 aromatic carbocycles. The first-order valence-electron chi connectivity index (χ1n) is 10.6. The Morgan fingerprint density at radius 1 is 1.28 bits per heavy atom. The van der Waals surface area contributed by atoms with E-state index < -0.39 is 60.5 Å². The number of nitrogens with two attached hydrogens (primary N) is 1. The summed E-state index contributed by atoms with van der Waals surface area (Å²) in [7, 11) is 0. The van der Waals surface area contributed by atoms with Crippen molar-refractivity contribution in [1.29, 1.82) is 0 Å². The molecule has 0 saturated carbocycles. The third-order valence-corrected chi connectivity index (χ3v) is 5.73. The van der Waals surface area contributed by atoms with Gasteiger partial charge in [0.15, 0.2) is 5.78 Å². The van der Waals surface area contributed by atoms with E-state index in [1.165, 1.54) is 0 Å². The van der Waals surface area contributed by atoms with Gasteiger partial charge in [-0.15, -0.1) is 13.2 Å². The summed E-state index contributed by atoms with van der Waals surface area (Å²) in [4.78, 5) is 49.3. The second-order valence-electron chi connectivity index (χ2n) is 8.64. The number of hydrogen-bond donors (Lipinski definition) is 3. The van der Waals surface area contributed by atoms with E-state index in [1.54, 1.807) is 0 Å². The fourth-order valence-corrected chi connectivity index (χ4v) is 4.17. The summed E-state index contributed by atoms with van der Waals surface area (Å²) in [5, 5.41) is 5.08. The molecule has 182 valence electrons. The lowest BCUT2D eigenvalue weighted by Crippen LogP contribution is -2.50. The molecule has 4 N–H and O–H groups in total. The van der Waals surface area contributed by atoms with Crippen molar-refractivity contribution in [3.63, 3.8) is 0 Å². The fourth-order valence-electron chi connectivity index (χ4n) is 4.17. The van der Waals surface area contributed by atoms with Crippen LogP contribution in [0.2, 0.25) is 0 Å². The van der Waals surface area contributed by atoms with Crippen LogP contribution in [0.15, 0.2) is 0 Å². The summed E-state index contributed by atoms with van der Waals surface area (Å²) >= 11 is 0. The maximum atomic E-state index is 13.1. The molecule has 12 heteroatoms. The first kappa shape index (κ1) is 26.0. The Hall–Kier alpha value is -2.21. The molecule has 5 atom stereocenters. The molecule has 0 aromatic heterocycles. The number of rotatable bonds is 11. The summed E-state index contributed by atoms with van der Waals surface area (Å²) in [6, 6.07) is -1.36. The minimum absolute atomic E-state index is 0.0202. The van der Waals surface area contributed by atoms with E-state index in [2.05, 4.69) is 15.4 Å². The second-order valence-corrected chi connectivity index (χ2v) is 8.64. The SMILES string of the molecule is CC(C)C[C@H](C(=O)N[C@@H](C[C@@H]1CCNC1=O)C(=O)COC(F)(F)F)C1OCCC1C(N)=O. The molecular weight excluding hydrogens is 435 g/mol. The predicted molar refractivity (Wildman–Crippen MR) is 105 cm³/mol. The number of amides is 3. The summed E-state index contributed by atoms with van der Waals surface area (Å²) in [6.07, 6.45) is -4.91. The van der Waals surface area contributed by atoms with E-state index in [4.69, 9.17) is 10.5 Å². The molecular formula is C20H30F3N3O6. The number of Topliss-reactive ketones (excluding diaryl/α,β-unsaturated/α-hetero) is 1. The first-order valence-corrected chi connectivity index (χ1v) is 10.6. The van der Waals surface area contributed by atoms with Gasteiger partial charge in [-0.25, -0.2) is 0 Å². The van der Waals surface area contributed by atoms with E-state index in [1.807, 2.05) is 13.8 Å². The van der Waals surface area contributed by atoms with Gasteiger partial charge in [0.1, 0.15) is 6.61 Å². The molecule has 9 nitrogen and oxygen atoms in total. The highest BCUT2D eigenvalue weighted by Gasteiger charge is 2.43. The molecule has 2 rings (SSSR count). The van der Waals surface area contributed by atoms with Gasteiger partial charge in [0.2, 0.25) is 17.7 Å². The topological polar surface area (TPSA) is 137 Å². The number of ketones is 1. The van der Waals surface area contributed by atoms with Crippen LogP contribution in [0.5, 0.6) is 0 Å². The molecule has 2 heterocycles. The Morgan fingerprint density at radius 3 is 2.50 bits per heavy atom. The lowest BCUT2D eigenvalue weighted by Gasteiger charge is -2.29. The van der Waals surface area contributed by atoms with Gasteiger partial charge in [-0.3, -0.25) is 23.9 Å². The van der Waals surface area contributed by atoms with Crippen molar-refractivity contribution in [1.82, 2.24) is 10.6 Å². The van der Waals surface area contributed by atoms with Crippen LogP contribution in [-0.4, -0.2) is 61.8 Å². The lowest BCUT2D eigenvalue weighted by atomic mass is 9.83. The maximum absolute atomic E-state index is 13.1. The molecule has 0 radical (unpaired) electrons. The van der Waals surface area contributed by atoms with E-state index >= 15 is 0 Å². The van der Waals surface area contributed by atoms with Crippen molar-refractivity contribution >= 4 is 23.5 Å². The average molecular weight is 465 g/mol. The Labute approximate surface area is 183 Å². The number of primary amides is 1. The highest BCUT2D eigenvalue weighted by atomic mass is 19.4. The van der Waals surface area contributed by atoms with Gasteiger partial charge >= 0.3 is 6.36 Å². The van der Waals surface area contributed by atoms with Crippen LogP contribution in [-0.2, 0) is 28.7 Å². The van der Waals surface area contributed by atoms with Gasteiger partial charge in [0.05, 0.1) is 24.0 Å². The Balaban J connectivity index is 2.19. The number of ether oxygens (including phenoxy) is 2. The van der Waals surface area contributed by atoms with Crippen LogP contribution < -0.4 is 16.4 Å². The minimum atomic E-state index is -5.01. The van der Waals surface area contributed by atoms with Gasteiger partial charge in [-0.05, 0) is 31.6 Å². The third kappa shape index (κ3) is 7.44. The fraction of sp³-hybridized carbons (Fsp3) is 0.800. The summed E-state index contributed by atoms with van der Waals surface area (Å²) in [6.45, 7) is 3.05. The zero-order valence-electron chi connectivity index (χ0n) is 18.1. The normalized spacial score (nSPS) is 25.4. The number of nitrogens with one attached hydrogen (secondary N) is 2. The van der Waals surface area contributed by atoms with Crippen molar-refractivity contribution in [2.24, 2.45) is 29.4 Å². The molecule has 0 spiro atoms. The molecule has 0 aliphatic carbocycles.